The van der Waals surface area contributed by atoms with Crippen LogP contribution < -0.4 is 8.85 Å². The number of nitro groups is 1. The number of nitrogens with zero attached hydrogens (tertiary/aromatic N) is 3. The molecule has 19 heavy (non-hydrogen) atoms. The van der Waals surface area contributed by atoms with Crippen LogP contribution in [-0.2, 0) is 0 Å². The second kappa shape index (κ2) is 5.25. The first-order chi connectivity index (χ1) is 8.49. The van der Waals surface area contributed by atoms with Crippen LogP contribution in [0.4, 0.5) is 5.69 Å². The van der Waals surface area contributed by atoms with Crippen LogP contribution in [0.5, 0.6) is 11.8 Å². The molecule has 0 atom stereocenters. The van der Waals surface area contributed by atoms with E-state index in [9.17, 15) is 10.1 Å². The van der Waals surface area contributed by atoms with E-state index in [-0.39, 0.29) is 17.4 Å². The van der Waals surface area contributed by atoms with Crippen LogP contribution in [0.1, 0.15) is 0 Å². The quantitative estimate of drug-likeness (QED) is 0.472. The van der Waals surface area contributed by atoms with Gasteiger partial charge in [0, 0.05) is 0 Å². The van der Waals surface area contributed by atoms with E-state index in [1.807, 2.05) is 39.3 Å². The zero-order chi connectivity index (χ0) is 14.8. The molecule has 0 aliphatic rings. The minimum atomic E-state index is -2.00. The van der Waals surface area contributed by atoms with Gasteiger partial charge in [0.15, 0.2) is 0 Å². The van der Waals surface area contributed by atoms with Crippen molar-refractivity contribution in [1.29, 1.82) is 0 Å². The molecule has 0 aliphatic heterocycles. The molecule has 0 spiro atoms. The summed E-state index contributed by atoms with van der Waals surface area (Å²) in [7, 11) is -3.99. The first-order valence-corrected chi connectivity index (χ1v) is 12.7. The predicted octanol–water partition coefficient (Wildman–Crippen LogP) is 2.81. The molecular formula is C10H19N3O4Si2. The third-order valence-electron chi connectivity index (χ3n) is 1.74. The summed E-state index contributed by atoms with van der Waals surface area (Å²) in [6.45, 7) is 11.6. The average Bonchev–Trinajstić information content (AvgIpc) is 2.11. The Bertz CT molecular complexity index is 448. The molecular weight excluding hydrogens is 282 g/mol. The van der Waals surface area contributed by atoms with Crippen molar-refractivity contribution in [1.82, 2.24) is 9.97 Å². The van der Waals surface area contributed by atoms with Gasteiger partial charge in [0.05, 0.1) is 4.92 Å². The lowest BCUT2D eigenvalue weighted by Gasteiger charge is -2.20. The van der Waals surface area contributed by atoms with Crippen LogP contribution in [0.2, 0.25) is 39.3 Å². The standard InChI is InChI=1S/C10H19N3O4Si2/c1-18(2,3)16-9-8(13(14)15)10(12-7-11-9)17-19(4,5)6/h7H,1-6H3. The summed E-state index contributed by atoms with van der Waals surface area (Å²) in [5, 5.41) is 11.2. The molecule has 0 N–H and O–H groups in total. The molecule has 0 amide bonds. The third kappa shape index (κ3) is 4.95. The topological polar surface area (TPSA) is 87.4 Å². The van der Waals surface area contributed by atoms with Crippen LogP contribution in [0, 0.1) is 10.1 Å². The molecule has 0 aliphatic carbocycles. The lowest BCUT2D eigenvalue weighted by atomic mass is 10.5. The van der Waals surface area contributed by atoms with Crippen molar-refractivity contribution in [2.45, 2.75) is 39.3 Å². The first kappa shape index (κ1) is 15.6. The average molecular weight is 301 g/mol. The van der Waals surface area contributed by atoms with E-state index in [4.69, 9.17) is 8.85 Å². The Balaban J connectivity index is 3.26. The summed E-state index contributed by atoms with van der Waals surface area (Å²) in [6.07, 6.45) is 1.23. The van der Waals surface area contributed by atoms with Gasteiger partial charge in [-0.1, -0.05) is 0 Å². The van der Waals surface area contributed by atoms with Gasteiger partial charge >= 0.3 is 5.69 Å². The van der Waals surface area contributed by atoms with Gasteiger partial charge in [-0.25, -0.2) is 0 Å². The van der Waals surface area contributed by atoms with Crippen molar-refractivity contribution in [3.8, 4) is 11.8 Å². The van der Waals surface area contributed by atoms with E-state index in [1.165, 1.54) is 6.33 Å². The number of hydrogen-bond donors (Lipinski definition) is 0. The molecule has 0 aromatic carbocycles. The maximum absolute atomic E-state index is 11.2. The summed E-state index contributed by atoms with van der Waals surface area (Å²) in [4.78, 5) is 18.4. The fraction of sp³-hybridized carbons (Fsp3) is 0.600. The van der Waals surface area contributed by atoms with Gasteiger partial charge in [-0.3, -0.25) is 10.1 Å². The van der Waals surface area contributed by atoms with Crippen molar-refractivity contribution >= 4 is 22.3 Å². The van der Waals surface area contributed by atoms with E-state index < -0.39 is 21.6 Å². The van der Waals surface area contributed by atoms with Gasteiger partial charge < -0.3 is 8.85 Å². The maximum Gasteiger partial charge on any atom is 0.389 e. The van der Waals surface area contributed by atoms with Crippen molar-refractivity contribution < 1.29 is 13.8 Å². The number of hydrogen-bond acceptors (Lipinski definition) is 6. The number of aromatic nitrogens is 2. The monoisotopic (exact) mass is 301 g/mol. The fourth-order valence-electron chi connectivity index (χ4n) is 1.23. The van der Waals surface area contributed by atoms with Gasteiger partial charge in [0.25, 0.3) is 11.8 Å². The first-order valence-electron chi connectivity index (χ1n) is 5.87. The molecule has 0 fully saturated rings. The second-order valence-electron chi connectivity index (χ2n) is 6.02. The normalized spacial score (nSPS) is 12.1. The molecule has 1 heterocycles. The van der Waals surface area contributed by atoms with Crippen molar-refractivity contribution in [3.05, 3.63) is 16.4 Å². The summed E-state index contributed by atoms with van der Waals surface area (Å²) in [6, 6.07) is 0. The van der Waals surface area contributed by atoms with Crippen LogP contribution in [0.15, 0.2) is 6.33 Å². The summed E-state index contributed by atoms with van der Waals surface area (Å²) in [5.41, 5.74) is -0.285. The Hall–Kier alpha value is -1.49. The van der Waals surface area contributed by atoms with Gasteiger partial charge in [0.1, 0.15) is 6.33 Å². The van der Waals surface area contributed by atoms with Crippen LogP contribution >= 0.6 is 0 Å². The highest BCUT2D eigenvalue weighted by Gasteiger charge is 2.32. The molecule has 1 rings (SSSR count). The molecule has 0 bridgehead atoms. The Morgan fingerprint density at radius 1 is 1.00 bits per heavy atom. The molecule has 1 aromatic heterocycles. The Labute approximate surface area is 114 Å². The zero-order valence-corrected chi connectivity index (χ0v) is 14.1. The molecule has 106 valence electrons. The minimum Gasteiger partial charge on any atom is -0.526 e. The van der Waals surface area contributed by atoms with Gasteiger partial charge in [-0.2, -0.15) is 9.97 Å². The highest BCUT2D eigenvalue weighted by atomic mass is 28.4. The van der Waals surface area contributed by atoms with Crippen LogP contribution in [0.3, 0.4) is 0 Å². The van der Waals surface area contributed by atoms with E-state index >= 15 is 0 Å². The Morgan fingerprint density at radius 2 is 1.37 bits per heavy atom. The van der Waals surface area contributed by atoms with Crippen LogP contribution in [-0.4, -0.2) is 31.5 Å². The number of rotatable bonds is 5. The van der Waals surface area contributed by atoms with Gasteiger partial charge in [-0.05, 0) is 39.3 Å². The van der Waals surface area contributed by atoms with Crippen molar-refractivity contribution in [2.75, 3.05) is 0 Å². The highest BCUT2D eigenvalue weighted by molar-refractivity contribution is 6.71. The maximum atomic E-state index is 11.2. The van der Waals surface area contributed by atoms with Gasteiger partial charge in [0.2, 0.25) is 16.6 Å². The van der Waals surface area contributed by atoms with Crippen molar-refractivity contribution in [2.24, 2.45) is 0 Å². The molecule has 0 saturated heterocycles. The van der Waals surface area contributed by atoms with E-state index in [0.29, 0.717) is 0 Å². The Morgan fingerprint density at radius 3 is 1.63 bits per heavy atom. The molecule has 0 radical (unpaired) electrons. The zero-order valence-electron chi connectivity index (χ0n) is 12.1. The lowest BCUT2D eigenvalue weighted by molar-refractivity contribution is -0.386. The highest BCUT2D eigenvalue weighted by Crippen LogP contribution is 2.35. The van der Waals surface area contributed by atoms with Gasteiger partial charge in [-0.15, -0.1) is 0 Å². The molecule has 0 saturated carbocycles. The molecule has 1 aromatic rings. The van der Waals surface area contributed by atoms with E-state index in [1.54, 1.807) is 0 Å². The predicted molar refractivity (Wildman–Crippen MR) is 76.6 cm³/mol. The summed E-state index contributed by atoms with van der Waals surface area (Å²) in [5.74, 6) is -0.0140. The lowest BCUT2D eigenvalue weighted by Crippen LogP contribution is -2.32. The fourth-order valence-corrected chi connectivity index (χ4v) is 2.69. The van der Waals surface area contributed by atoms with Crippen LogP contribution in [0.25, 0.3) is 0 Å². The summed E-state index contributed by atoms with van der Waals surface area (Å²) < 4.78 is 11.3. The van der Waals surface area contributed by atoms with Crippen molar-refractivity contribution in [3.63, 3.8) is 0 Å². The Kier molecular flexibility index (Phi) is 4.30. The summed E-state index contributed by atoms with van der Waals surface area (Å²) >= 11 is 0. The van der Waals surface area contributed by atoms with E-state index in [2.05, 4.69) is 9.97 Å². The molecule has 7 nitrogen and oxygen atoms in total. The minimum absolute atomic E-state index is 0.00702. The molecule has 0 unspecified atom stereocenters. The SMILES string of the molecule is C[Si](C)(C)Oc1ncnc(O[Si](C)(C)C)c1[N+](=O)[O-]. The van der Waals surface area contributed by atoms with E-state index in [0.717, 1.165) is 0 Å². The largest absolute Gasteiger partial charge is 0.526 e. The third-order valence-corrected chi connectivity index (χ3v) is 3.35. The second-order valence-corrected chi connectivity index (χ2v) is 14.9. The molecule has 9 heteroatoms. The smallest absolute Gasteiger partial charge is 0.389 e.